The van der Waals surface area contributed by atoms with Gasteiger partial charge in [-0.2, -0.15) is 0 Å². The van der Waals surface area contributed by atoms with Crippen LogP contribution >= 0.6 is 11.6 Å². The van der Waals surface area contributed by atoms with E-state index < -0.39 is 17.3 Å². The number of nitrogens with two attached hydrogens (primary N) is 1. The van der Waals surface area contributed by atoms with Crippen molar-refractivity contribution < 1.29 is 14.3 Å². The number of ketones is 1. The molecule has 0 spiro atoms. The zero-order valence-electron chi connectivity index (χ0n) is 13.7. The van der Waals surface area contributed by atoms with E-state index in [2.05, 4.69) is 9.98 Å². The summed E-state index contributed by atoms with van der Waals surface area (Å²) in [4.78, 5) is 33.9. The van der Waals surface area contributed by atoms with Gasteiger partial charge in [0.15, 0.2) is 17.0 Å². The maximum Gasteiger partial charge on any atom is 0.355 e. The van der Waals surface area contributed by atoms with Crippen LogP contribution in [0, 0.1) is 6.92 Å². The topological polar surface area (TPSA) is 94.6 Å². The Morgan fingerprint density at radius 3 is 2.68 bits per heavy atom. The number of para-hydroxylation sites is 1. The summed E-state index contributed by atoms with van der Waals surface area (Å²) in [5.41, 5.74) is 6.36. The molecule has 0 saturated carbocycles. The second kappa shape index (κ2) is 6.38. The number of carbonyl (C=O) groups excluding carboxylic acids is 2. The van der Waals surface area contributed by atoms with Crippen molar-refractivity contribution in [3.05, 3.63) is 58.4 Å². The van der Waals surface area contributed by atoms with Crippen molar-refractivity contribution in [3.63, 3.8) is 0 Å². The number of aromatic nitrogens is 1. The number of ether oxygens (including phenoxy) is 1. The van der Waals surface area contributed by atoms with Crippen molar-refractivity contribution in [1.29, 1.82) is 0 Å². The van der Waals surface area contributed by atoms with E-state index in [4.69, 9.17) is 22.1 Å². The smallest absolute Gasteiger partial charge is 0.355 e. The van der Waals surface area contributed by atoms with Crippen LogP contribution in [-0.4, -0.2) is 29.1 Å². The third-order valence-electron chi connectivity index (χ3n) is 3.95. The molecular weight excluding hydrogens is 342 g/mol. The van der Waals surface area contributed by atoms with Crippen LogP contribution in [0.15, 0.2) is 41.4 Å². The lowest BCUT2D eigenvalue weighted by atomic mass is 9.80. The average molecular weight is 358 g/mol. The molecule has 1 aliphatic rings. The monoisotopic (exact) mass is 357 g/mol. The summed E-state index contributed by atoms with van der Waals surface area (Å²) >= 11 is 5.97. The Labute approximate surface area is 149 Å². The van der Waals surface area contributed by atoms with Crippen LogP contribution in [0.2, 0.25) is 5.15 Å². The quantitative estimate of drug-likeness (QED) is 0.515. The minimum absolute atomic E-state index is 0.133. The van der Waals surface area contributed by atoms with Crippen LogP contribution in [-0.2, 0) is 15.1 Å². The summed E-state index contributed by atoms with van der Waals surface area (Å²) in [6.07, 6.45) is 0. The number of aliphatic imine (C=N–C) groups is 1. The third kappa shape index (κ3) is 2.83. The number of fused-ring (bicyclic) bond motifs is 1. The number of benzene rings is 1. The second-order valence-corrected chi connectivity index (χ2v) is 6.04. The molecule has 1 atom stereocenters. The van der Waals surface area contributed by atoms with Crippen LogP contribution < -0.4 is 5.73 Å². The number of halogens is 1. The fraction of sp³-hybridized carbons (Fsp3) is 0.222. The van der Waals surface area contributed by atoms with Crippen molar-refractivity contribution in [2.24, 2.45) is 10.7 Å². The Morgan fingerprint density at radius 2 is 2.00 bits per heavy atom. The van der Waals surface area contributed by atoms with Crippen LogP contribution in [0.3, 0.4) is 0 Å². The van der Waals surface area contributed by atoms with E-state index in [9.17, 15) is 9.59 Å². The predicted molar refractivity (Wildman–Crippen MR) is 94.3 cm³/mol. The molecule has 1 aliphatic heterocycles. The summed E-state index contributed by atoms with van der Waals surface area (Å²) in [5.74, 6) is -1.21. The predicted octanol–water partition coefficient (Wildman–Crippen LogP) is 2.73. The average Bonchev–Trinajstić information content (AvgIpc) is 2.88. The summed E-state index contributed by atoms with van der Waals surface area (Å²) in [6, 6.07) is 9.87. The number of hydrogen-bond acceptors (Lipinski definition) is 6. The van der Waals surface area contributed by atoms with E-state index in [0.29, 0.717) is 16.9 Å². The van der Waals surface area contributed by atoms with Gasteiger partial charge < -0.3 is 10.5 Å². The molecule has 0 aliphatic carbocycles. The van der Waals surface area contributed by atoms with Crippen LogP contribution in [0.1, 0.15) is 28.5 Å². The molecule has 2 aromatic rings. The highest BCUT2D eigenvalue weighted by Gasteiger charge is 2.50. The molecule has 6 nitrogen and oxygen atoms in total. The molecule has 0 amide bonds. The molecule has 7 heteroatoms. The Morgan fingerprint density at radius 1 is 1.28 bits per heavy atom. The van der Waals surface area contributed by atoms with Gasteiger partial charge in [0.1, 0.15) is 5.15 Å². The second-order valence-electron chi connectivity index (χ2n) is 5.66. The highest BCUT2D eigenvalue weighted by atomic mass is 35.5. The van der Waals surface area contributed by atoms with E-state index in [-0.39, 0.29) is 23.0 Å². The minimum Gasteiger partial charge on any atom is -0.461 e. The lowest BCUT2D eigenvalue weighted by molar-refractivity contribution is -0.135. The first kappa shape index (κ1) is 17.3. The van der Waals surface area contributed by atoms with E-state index in [1.807, 2.05) is 0 Å². The van der Waals surface area contributed by atoms with Gasteiger partial charge in [-0.1, -0.05) is 29.8 Å². The van der Waals surface area contributed by atoms with Gasteiger partial charge in [0.05, 0.1) is 12.3 Å². The summed E-state index contributed by atoms with van der Waals surface area (Å²) < 4.78 is 5.05. The van der Waals surface area contributed by atoms with E-state index in [0.717, 1.165) is 0 Å². The van der Waals surface area contributed by atoms with Crippen molar-refractivity contribution in [1.82, 2.24) is 4.98 Å². The van der Waals surface area contributed by atoms with E-state index in [1.54, 1.807) is 44.2 Å². The number of rotatable bonds is 4. The lowest BCUT2D eigenvalue weighted by Gasteiger charge is -2.25. The molecular formula is C18H16ClN3O3. The number of aryl methyl sites for hydroxylation is 1. The molecule has 0 bridgehead atoms. The van der Waals surface area contributed by atoms with Crippen LogP contribution in [0.25, 0.3) is 0 Å². The zero-order valence-corrected chi connectivity index (χ0v) is 14.5. The minimum atomic E-state index is -1.74. The highest BCUT2D eigenvalue weighted by molar-refractivity contribution is 6.48. The van der Waals surface area contributed by atoms with Gasteiger partial charge in [-0.15, -0.1) is 0 Å². The normalized spacial score (nSPS) is 18.5. The van der Waals surface area contributed by atoms with Crippen molar-refractivity contribution in [3.8, 4) is 0 Å². The first-order valence-corrected chi connectivity index (χ1v) is 8.09. The van der Waals surface area contributed by atoms with Gasteiger partial charge in [-0.05, 0) is 32.0 Å². The number of esters is 1. The van der Waals surface area contributed by atoms with Gasteiger partial charge in [0.25, 0.3) is 0 Å². The van der Waals surface area contributed by atoms with Crippen molar-refractivity contribution in [2.45, 2.75) is 19.4 Å². The standard InChI is InChI=1S/C18H16ClN3O3/c1-3-25-17(24)15-18(20,12-6-4-5-7-13(12)22-15)16(23)11-8-10(2)21-14(19)9-11/h4-9H,3,20H2,1-2H3. The zero-order chi connectivity index (χ0) is 18.2. The Hall–Kier alpha value is -2.57. The molecule has 1 aromatic carbocycles. The SMILES string of the molecule is CCOC(=O)C1=Nc2ccccc2C1(N)C(=O)c1cc(C)nc(Cl)c1. The largest absolute Gasteiger partial charge is 0.461 e. The molecule has 128 valence electrons. The van der Waals surface area contributed by atoms with Crippen molar-refractivity contribution >= 4 is 34.8 Å². The van der Waals surface area contributed by atoms with Gasteiger partial charge in [-0.3, -0.25) is 4.79 Å². The van der Waals surface area contributed by atoms with Gasteiger partial charge in [0.2, 0.25) is 0 Å². The molecule has 2 N–H and O–H groups in total. The number of hydrogen-bond donors (Lipinski definition) is 1. The molecule has 3 rings (SSSR count). The maximum absolute atomic E-state index is 13.3. The van der Waals surface area contributed by atoms with Gasteiger partial charge >= 0.3 is 5.97 Å². The first-order chi connectivity index (χ1) is 11.9. The Kier molecular flexibility index (Phi) is 4.41. The summed E-state index contributed by atoms with van der Waals surface area (Å²) in [5, 5.41) is 0.174. The molecule has 0 radical (unpaired) electrons. The lowest BCUT2D eigenvalue weighted by Crippen LogP contribution is -2.53. The van der Waals surface area contributed by atoms with E-state index in [1.165, 1.54) is 6.07 Å². The Bertz CT molecular complexity index is 890. The molecule has 0 fully saturated rings. The summed E-state index contributed by atoms with van der Waals surface area (Å²) in [6.45, 7) is 3.54. The number of carbonyl (C=O) groups is 2. The maximum atomic E-state index is 13.3. The third-order valence-corrected chi connectivity index (χ3v) is 4.14. The number of nitrogens with zero attached hydrogens (tertiary/aromatic N) is 2. The Balaban J connectivity index is 2.16. The van der Waals surface area contributed by atoms with Crippen molar-refractivity contribution in [2.75, 3.05) is 6.61 Å². The molecule has 1 unspecified atom stereocenters. The van der Waals surface area contributed by atoms with Crippen LogP contribution in [0.4, 0.5) is 5.69 Å². The molecule has 2 heterocycles. The van der Waals surface area contributed by atoms with Gasteiger partial charge in [0, 0.05) is 16.8 Å². The first-order valence-electron chi connectivity index (χ1n) is 7.71. The molecule has 25 heavy (non-hydrogen) atoms. The van der Waals surface area contributed by atoms with E-state index >= 15 is 0 Å². The van der Waals surface area contributed by atoms with Gasteiger partial charge in [-0.25, -0.2) is 14.8 Å². The fourth-order valence-electron chi connectivity index (χ4n) is 2.86. The molecule has 1 aromatic heterocycles. The number of Topliss-reactive ketones (excluding diaryl/α,β-unsaturated/α-hetero) is 1. The number of pyridine rings is 1. The highest BCUT2D eigenvalue weighted by Crippen LogP contribution is 2.39. The van der Waals surface area contributed by atoms with Crippen LogP contribution in [0.5, 0.6) is 0 Å². The fourth-order valence-corrected chi connectivity index (χ4v) is 3.11. The summed E-state index contributed by atoms with van der Waals surface area (Å²) in [7, 11) is 0. The molecule has 0 saturated heterocycles.